The third-order valence-electron chi connectivity index (χ3n) is 1.44. The lowest BCUT2D eigenvalue weighted by atomic mass is 10.3. The van der Waals surface area contributed by atoms with E-state index < -0.39 is 5.03 Å². The van der Waals surface area contributed by atoms with Crippen molar-refractivity contribution < 1.29 is 5.03 Å². The molecule has 0 bridgehead atoms. The van der Waals surface area contributed by atoms with Gasteiger partial charge in [-0.1, -0.05) is 0 Å². The van der Waals surface area contributed by atoms with Gasteiger partial charge in [-0.05, 0) is 26.0 Å². The first-order chi connectivity index (χ1) is 5.59. The van der Waals surface area contributed by atoms with Crippen molar-refractivity contribution in [2.75, 3.05) is 5.43 Å². The van der Waals surface area contributed by atoms with Gasteiger partial charge in [-0.15, -0.1) is 5.43 Å². The molecule has 0 amide bonds. The van der Waals surface area contributed by atoms with E-state index in [1.807, 2.05) is 6.92 Å². The lowest BCUT2D eigenvalue weighted by molar-refractivity contribution is -0.445. The monoisotopic (exact) mass is 167 g/mol. The lowest BCUT2D eigenvalue weighted by Crippen LogP contribution is -2.09. The Morgan fingerprint density at radius 2 is 2.17 bits per heavy atom. The molecule has 12 heavy (non-hydrogen) atoms. The molecule has 0 saturated carbocycles. The molecule has 0 unspecified atom stereocenters. The first kappa shape index (κ1) is 8.45. The van der Waals surface area contributed by atoms with Crippen molar-refractivity contribution in [3.63, 3.8) is 0 Å². The summed E-state index contributed by atoms with van der Waals surface area (Å²) in [6.45, 7) is 3.56. The van der Waals surface area contributed by atoms with Gasteiger partial charge in [-0.2, -0.15) is 0 Å². The van der Waals surface area contributed by atoms with E-state index in [1.165, 1.54) is 0 Å². The molecular formula is C7H9N3O2. The molecule has 0 fully saturated rings. The molecular weight excluding hydrogens is 158 g/mol. The van der Waals surface area contributed by atoms with Gasteiger partial charge in [0, 0.05) is 5.69 Å². The first-order valence-corrected chi connectivity index (χ1v) is 3.45. The normalized spacial score (nSPS) is 9.50. The van der Waals surface area contributed by atoms with Crippen molar-refractivity contribution in [1.29, 1.82) is 0 Å². The Bertz CT molecular complexity index is 312. The molecule has 0 aliphatic heterocycles. The van der Waals surface area contributed by atoms with Crippen LogP contribution in [0.1, 0.15) is 11.4 Å². The van der Waals surface area contributed by atoms with E-state index in [9.17, 15) is 10.1 Å². The van der Waals surface area contributed by atoms with Crippen molar-refractivity contribution in [2.45, 2.75) is 13.8 Å². The highest BCUT2D eigenvalue weighted by Crippen LogP contribution is 2.11. The van der Waals surface area contributed by atoms with Crippen LogP contribution in [-0.2, 0) is 0 Å². The standard InChI is InChI=1S/C7H9N3O2/c1-5-3-4-7(6(2)8-5)9-10(11)12/h3-4,9H,1-2H3. The molecule has 5 heteroatoms. The molecule has 0 radical (unpaired) electrons. The van der Waals surface area contributed by atoms with Crippen LogP contribution < -0.4 is 5.43 Å². The van der Waals surface area contributed by atoms with Gasteiger partial charge in [0.1, 0.15) is 5.69 Å². The number of hydrogen-bond donors (Lipinski definition) is 1. The first-order valence-electron chi connectivity index (χ1n) is 3.45. The third kappa shape index (κ3) is 1.91. The van der Waals surface area contributed by atoms with Crippen molar-refractivity contribution in [2.24, 2.45) is 0 Å². The molecule has 0 saturated heterocycles. The minimum atomic E-state index is -0.598. The van der Waals surface area contributed by atoms with E-state index in [1.54, 1.807) is 19.1 Å². The predicted octanol–water partition coefficient (Wildman–Crippen LogP) is 1.30. The maximum Gasteiger partial charge on any atom is 0.162 e. The summed E-state index contributed by atoms with van der Waals surface area (Å²) in [5.41, 5.74) is 3.98. The zero-order chi connectivity index (χ0) is 9.14. The Labute approximate surface area is 69.6 Å². The Morgan fingerprint density at radius 3 is 2.67 bits per heavy atom. The zero-order valence-electron chi connectivity index (χ0n) is 6.87. The second-order valence-corrected chi connectivity index (χ2v) is 2.45. The Morgan fingerprint density at radius 1 is 1.50 bits per heavy atom. The van der Waals surface area contributed by atoms with Gasteiger partial charge < -0.3 is 0 Å². The minimum absolute atomic E-state index is 0.436. The van der Waals surface area contributed by atoms with Gasteiger partial charge in [0.15, 0.2) is 5.03 Å². The van der Waals surface area contributed by atoms with Crippen LogP contribution >= 0.6 is 0 Å². The van der Waals surface area contributed by atoms with Crippen LogP contribution in [-0.4, -0.2) is 10.0 Å². The number of aryl methyl sites for hydroxylation is 2. The van der Waals surface area contributed by atoms with Crippen molar-refractivity contribution in [1.82, 2.24) is 4.98 Å². The van der Waals surface area contributed by atoms with Gasteiger partial charge in [0.05, 0.1) is 5.69 Å². The summed E-state index contributed by atoms with van der Waals surface area (Å²) in [5, 5.41) is 9.47. The largest absolute Gasteiger partial charge is 0.256 e. The summed E-state index contributed by atoms with van der Waals surface area (Å²) in [7, 11) is 0. The molecule has 1 heterocycles. The van der Waals surface area contributed by atoms with Crippen molar-refractivity contribution in [3.8, 4) is 0 Å². The lowest BCUT2D eigenvalue weighted by Gasteiger charge is -2.01. The van der Waals surface area contributed by atoms with Gasteiger partial charge in [-0.3, -0.25) is 4.98 Å². The molecule has 0 atom stereocenters. The summed E-state index contributed by atoms with van der Waals surface area (Å²) in [6.07, 6.45) is 0. The fourth-order valence-corrected chi connectivity index (χ4v) is 0.903. The van der Waals surface area contributed by atoms with E-state index in [0.717, 1.165) is 5.69 Å². The fraction of sp³-hybridized carbons (Fsp3) is 0.286. The topological polar surface area (TPSA) is 68.1 Å². The van der Waals surface area contributed by atoms with Crippen LogP contribution in [0, 0.1) is 24.0 Å². The molecule has 5 nitrogen and oxygen atoms in total. The van der Waals surface area contributed by atoms with Gasteiger partial charge in [-0.25, -0.2) is 10.1 Å². The van der Waals surface area contributed by atoms with Crippen LogP contribution in [0.2, 0.25) is 0 Å². The average Bonchev–Trinajstić information content (AvgIpc) is 1.94. The van der Waals surface area contributed by atoms with Crippen LogP contribution in [0.3, 0.4) is 0 Å². The van der Waals surface area contributed by atoms with E-state index in [-0.39, 0.29) is 0 Å². The smallest absolute Gasteiger partial charge is 0.162 e. The molecule has 1 aromatic rings. The maximum absolute atomic E-state index is 10.1. The predicted molar refractivity (Wildman–Crippen MR) is 44.3 cm³/mol. The highest BCUT2D eigenvalue weighted by atomic mass is 16.7. The molecule has 1 N–H and O–H groups in total. The highest BCUT2D eigenvalue weighted by molar-refractivity contribution is 5.45. The fourth-order valence-electron chi connectivity index (χ4n) is 0.903. The SMILES string of the molecule is Cc1ccc(N[N+](=O)[O-])c(C)n1. The number of hydrogen-bond acceptors (Lipinski definition) is 3. The number of nitrogens with one attached hydrogen (secondary N) is 1. The second kappa shape index (κ2) is 3.17. The quantitative estimate of drug-likeness (QED) is 0.532. The minimum Gasteiger partial charge on any atom is -0.256 e. The van der Waals surface area contributed by atoms with Gasteiger partial charge >= 0.3 is 0 Å². The van der Waals surface area contributed by atoms with Crippen molar-refractivity contribution >= 4 is 5.69 Å². The number of nitro groups is 1. The third-order valence-corrected chi connectivity index (χ3v) is 1.44. The van der Waals surface area contributed by atoms with Crippen LogP contribution in [0.4, 0.5) is 5.69 Å². The molecule has 64 valence electrons. The second-order valence-electron chi connectivity index (χ2n) is 2.45. The zero-order valence-corrected chi connectivity index (χ0v) is 6.87. The molecule has 0 aromatic carbocycles. The number of aromatic nitrogens is 1. The molecule has 0 aliphatic rings. The van der Waals surface area contributed by atoms with Crippen LogP contribution in [0.15, 0.2) is 12.1 Å². The number of pyridine rings is 1. The number of rotatable bonds is 2. The van der Waals surface area contributed by atoms with Crippen LogP contribution in [0.25, 0.3) is 0 Å². The molecule has 0 aliphatic carbocycles. The Hall–Kier alpha value is -1.65. The van der Waals surface area contributed by atoms with E-state index in [2.05, 4.69) is 10.4 Å². The summed E-state index contributed by atoms with van der Waals surface area (Å²) in [4.78, 5) is 14.1. The molecule has 0 spiro atoms. The van der Waals surface area contributed by atoms with E-state index in [0.29, 0.717) is 11.4 Å². The number of nitrogens with zero attached hydrogens (tertiary/aromatic N) is 2. The van der Waals surface area contributed by atoms with Gasteiger partial charge in [0.25, 0.3) is 0 Å². The number of anilines is 1. The Kier molecular flexibility index (Phi) is 2.23. The van der Waals surface area contributed by atoms with Crippen molar-refractivity contribution in [3.05, 3.63) is 33.6 Å². The van der Waals surface area contributed by atoms with Crippen LogP contribution in [0.5, 0.6) is 0 Å². The van der Waals surface area contributed by atoms with Gasteiger partial charge in [0.2, 0.25) is 0 Å². The maximum atomic E-state index is 10.1. The summed E-state index contributed by atoms with van der Waals surface area (Å²) < 4.78 is 0. The average molecular weight is 167 g/mol. The summed E-state index contributed by atoms with van der Waals surface area (Å²) >= 11 is 0. The summed E-state index contributed by atoms with van der Waals surface area (Å²) in [6, 6.07) is 3.36. The Balaban J connectivity index is 2.93. The summed E-state index contributed by atoms with van der Waals surface area (Å²) in [5.74, 6) is 0. The molecule has 1 aromatic heterocycles. The van der Waals surface area contributed by atoms with E-state index >= 15 is 0 Å². The molecule has 1 rings (SSSR count). The highest BCUT2D eigenvalue weighted by Gasteiger charge is 2.03. The van der Waals surface area contributed by atoms with E-state index in [4.69, 9.17) is 0 Å². The number of hydrazine groups is 1.